The summed E-state index contributed by atoms with van der Waals surface area (Å²) in [6.45, 7) is 4.32. The lowest BCUT2D eigenvalue weighted by Gasteiger charge is -2.32. The molecule has 0 amide bonds. The lowest BCUT2D eigenvalue weighted by atomic mass is 10.1. The van der Waals surface area contributed by atoms with Gasteiger partial charge >= 0.3 is 0 Å². The molecule has 1 N–H and O–H groups in total. The Balaban J connectivity index is 1.80. The molecule has 1 fully saturated rings. The Morgan fingerprint density at radius 2 is 2.05 bits per heavy atom. The molecular formula is C17H26N2S. The van der Waals surface area contributed by atoms with Crippen LogP contribution in [-0.4, -0.2) is 29.1 Å². The van der Waals surface area contributed by atoms with Gasteiger partial charge in [-0.15, -0.1) is 0 Å². The van der Waals surface area contributed by atoms with E-state index in [0.29, 0.717) is 6.04 Å². The summed E-state index contributed by atoms with van der Waals surface area (Å²) in [5, 5.41) is 4.40. The summed E-state index contributed by atoms with van der Waals surface area (Å²) in [4.78, 5) is 2.42. The third-order valence-electron chi connectivity index (χ3n) is 4.14. The number of nitrogens with one attached hydrogen (secondary N) is 1. The fraction of sp³-hybridized carbons (Fsp3) is 0.588. The van der Waals surface area contributed by atoms with Gasteiger partial charge in [-0.05, 0) is 43.5 Å². The Kier molecular flexibility index (Phi) is 6.31. The summed E-state index contributed by atoms with van der Waals surface area (Å²) in [7, 11) is 0. The van der Waals surface area contributed by atoms with Crippen LogP contribution in [0, 0.1) is 0 Å². The first kappa shape index (κ1) is 15.3. The van der Waals surface area contributed by atoms with Gasteiger partial charge in [-0.1, -0.05) is 50.1 Å². The van der Waals surface area contributed by atoms with E-state index in [0.717, 1.165) is 24.6 Å². The smallest absolute Gasteiger partial charge is 0.169 e. The fourth-order valence-electron chi connectivity index (χ4n) is 2.93. The van der Waals surface area contributed by atoms with Gasteiger partial charge in [0.2, 0.25) is 0 Å². The maximum absolute atomic E-state index is 5.61. The van der Waals surface area contributed by atoms with Gasteiger partial charge in [0, 0.05) is 19.1 Å². The molecule has 1 saturated heterocycles. The van der Waals surface area contributed by atoms with Crippen molar-refractivity contribution in [2.75, 3.05) is 13.1 Å². The Morgan fingerprint density at radius 3 is 2.80 bits per heavy atom. The lowest BCUT2D eigenvalue weighted by molar-refractivity contribution is 0.303. The second kappa shape index (κ2) is 8.25. The van der Waals surface area contributed by atoms with E-state index in [9.17, 15) is 0 Å². The minimum atomic E-state index is 0.634. The van der Waals surface area contributed by atoms with Crippen LogP contribution < -0.4 is 5.32 Å². The molecule has 0 saturated carbocycles. The van der Waals surface area contributed by atoms with E-state index in [1.54, 1.807) is 0 Å². The number of benzene rings is 1. The third-order valence-corrected chi connectivity index (χ3v) is 4.52. The molecule has 1 aliphatic heterocycles. The highest BCUT2D eigenvalue weighted by atomic mass is 32.1. The Bertz CT molecular complexity index is 405. The van der Waals surface area contributed by atoms with Crippen LogP contribution in [0.15, 0.2) is 30.3 Å². The van der Waals surface area contributed by atoms with Crippen molar-refractivity contribution in [2.24, 2.45) is 0 Å². The van der Waals surface area contributed by atoms with Crippen LogP contribution in [0.5, 0.6) is 0 Å². The van der Waals surface area contributed by atoms with Crippen LogP contribution in [-0.2, 0) is 6.42 Å². The minimum absolute atomic E-state index is 0.634. The molecule has 1 aliphatic rings. The molecule has 0 aromatic heterocycles. The zero-order valence-corrected chi connectivity index (χ0v) is 13.3. The van der Waals surface area contributed by atoms with Gasteiger partial charge < -0.3 is 10.2 Å². The summed E-state index contributed by atoms with van der Waals surface area (Å²) in [5.41, 5.74) is 1.37. The molecule has 3 heteroatoms. The van der Waals surface area contributed by atoms with Crippen molar-refractivity contribution in [1.82, 2.24) is 10.2 Å². The van der Waals surface area contributed by atoms with Crippen LogP contribution in [0.3, 0.4) is 0 Å². The van der Waals surface area contributed by atoms with E-state index in [2.05, 4.69) is 47.5 Å². The highest BCUT2D eigenvalue weighted by Gasteiger charge is 2.21. The zero-order valence-electron chi connectivity index (χ0n) is 12.5. The largest absolute Gasteiger partial charge is 0.362 e. The van der Waals surface area contributed by atoms with E-state index in [1.807, 2.05) is 0 Å². The second-order valence-electron chi connectivity index (χ2n) is 5.57. The van der Waals surface area contributed by atoms with Gasteiger partial charge in [0.25, 0.3) is 0 Å². The quantitative estimate of drug-likeness (QED) is 0.850. The van der Waals surface area contributed by atoms with Crippen molar-refractivity contribution in [2.45, 2.75) is 51.5 Å². The predicted molar refractivity (Wildman–Crippen MR) is 90.0 cm³/mol. The molecule has 1 aromatic rings. The lowest BCUT2D eigenvalue weighted by Crippen LogP contribution is -2.46. The van der Waals surface area contributed by atoms with Gasteiger partial charge in [-0.3, -0.25) is 0 Å². The van der Waals surface area contributed by atoms with Gasteiger partial charge in [-0.2, -0.15) is 0 Å². The number of hydrogen-bond acceptors (Lipinski definition) is 1. The second-order valence-corrected chi connectivity index (χ2v) is 5.96. The highest BCUT2D eigenvalue weighted by molar-refractivity contribution is 7.80. The van der Waals surface area contributed by atoms with E-state index < -0.39 is 0 Å². The molecule has 0 radical (unpaired) electrons. The minimum Gasteiger partial charge on any atom is -0.362 e. The SMILES string of the molecule is CCC1CCCCCN1C(=S)NCCc1ccccc1. The Hall–Kier alpha value is -1.09. The Labute approximate surface area is 128 Å². The van der Waals surface area contributed by atoms with Gasteiger partial charge in [0.1, 0.15) is 0 Å². The van der Waals surface area contributed by atoms with E-state index in [4.69, 9.17) is 12.2 Å². The number of hydrogen-bond donors (Lipinski definition) is 1. The molecule has 0 spiro atoms. The van der Waals surface area contributed by atoms with Crippen LogP contribution in [0.25, 0.3) is 0 Å². The summed E-state index contributed by atoms with van der Waals surface area (Å²) in [6, 6.07) is 11.2. The first-order valence-electron chi connectivity index (χ1n) is 7.89. The molecule has 1 unspecified atom stereocenters. The molecule has 2 nitrogen and oxygen atoms in total. The molecule has 1 aromatic carbocycles. The Morgan fingerprint density at radius 1 is 1.25 bits per heavy atom. The van der Waals surface area contributed by atoms with E-state index in [-0.39, 0.29) is 0 Å². The van der Waals surface area contributed by atoms with Gasteiger partial charge in [0.15, 0.2) is 5.11 Å². The summed E-state index contributed by atoms with van der Waals surface area (Å²) in [6.07, 6.45) is 7.49. The van der Waals surface area contributed by atoms with Gasteiger partial charge in [-0.25, -0.2) is 0 Å². The monoisotopic (exact) mass is 290 g/mol. The highest BCUT2D eigenvalue weighted by Crippen LogP contribution is 2.19. The number of rotatable bonds is 4. The van der Waals surface area contributed by atoms with Crippen molar-refractivity contribution < 1.29 is 0 Å². The zero-order chi connectivity index (χ0) is 14.2. The maximum Gasteiger partial charge on any atom is 0.169 e. The normalized spacial score (nSPS) is 19.4. The van der Waals surface area contributed by atoms with Crippen LogP contribution in [0.2, 0.25) is 0 Å². The number of likely N-dealkylation sites (tertiary alicyclic amines) is 1. The topological polar surface area (TPSA) is 15.3 Å². The molecule has 20 heavy (non-hydrogen) atoms. The molecule has 2 rings (SSSR count). The molecular weight excluding hydrogens is 264 g/mol. The van der Waals surface area contributed by atoms with Crippen LogP contribution in [0.4, 0.5) is 0 Å². The molecule has 1 atom stereocenters. The molecule has 1 heterocycles. The third kappa shape index (κ3) is 4.48. The molecule has 110 valence electrons. The van der Waals surface area contributed by atoms with Gasteiger partial charge in [0.05, 0.1) is 0 Å². The first-order chi connectivity index (χ1) is 9.81. The van der Waals surface area contributed by atoms with E-state index >= 15 is 0 Å². The van der Waals surface area contributed by atoms with Crippen molar-refractivity contribution >= 4 is 17.3 Å². The molecule has 0 aliphatic carbocycles. The summed E-state index contributed by atoms with van der Waals surface area (Å²) in [5.74, 6) is 0. The van der Waals surface area contributed by atoms with Crippen molar-refractivity contribution in [3.63, 3.8) is 0 Å². The fourth-order valence-corrected chi connectivity index (χ4v) is 3.27. The average Bonchev–Trinajstić information content (AvgIpc) is 2.73. The number of nitrogens with zero attached hydrogens (tertiary/aromatic N) is 1. The van der Waals surface area contributed by atoms with Crippen molar-refractivity contribution in [1.29, 1.82) is 0 Å². The van der Waals surface area contributed by atoms with Crippen LogP contribution >= 0.6 is 12.2 Å². The average molecular weight is 290 g/mol. The van der Waals surface area contributed by atoms with Crippen molar-refractivity contribution in [3.05, 3.63) is 35.9 Å². The standard InChI is InChI=1S/C17H26N2S/c1-2-16-11-7-4-8-14-19(16)17(20)18-13-12-15-9-5-3-6-10-15/h3,5-6,9-10,16H,2,4,7-8,11-14H2,1H3,(H,18,20). The van der Waals surface area contributed by atoms with E-state index in [1.165, 1.54) is 37.7 Å². The summed E-state index contributed by atoms with van der Waals surface area (Å²) < 4.78 is 0. The first-order valence-corrected chi connectivity index (χ1v) is 8.30. The maximum atomic E-state index is 5.61. The molecule has 0 bridgehead atoms. The van der Waals surface area contributed by atoms with Crippen molar-refractivity contribution in [3.8, 4) is 0 Å². The number of thiocarbonyl (C=S) groups is 1. The predicted octanol–water partition coefficient (Wildman–Crippen LogP) is 3.76. The summed E-state index contributed by atoms with van der Waals surface area (Å²) >= 11 is 5.61. The van der Waals surface area contributed by atoms with Crippen LogP contribution in [0.1, 0.15) is 44.6 Å².